The normalized spacial score (nSPS) is 10.4. The lowest BCUT2D eigenvalue weighted by molar-refractivity contribution is -0.137. The number of carboxylic acid groups (broad SMARTS) is 2. The molecule has 0 radical (unpaired) electrons. The standard InChI is InChI=1S/C10H6Cl4O4/c11-7-3(1-5(15)16)8(12)10(14)9(13)4(7)2-6(17)18/h1-2H2,(H,15,16)(H,17,18). The molecule has 0 heterocycles. The minimum Gasteiger partial charge on any atom is -0.481 e. The Morgan fingerprint density at radius 3 is 1.33 bits per heavy atom. The van der Waals surface area contributed by atoms with Gasteiger partial charge in [-0.3, -0.25) is 9.59 Å². The predicted octanol–water partition coefficient (Wildman–Crippen LogP) is 3.55. The van der Waals surface area contributed by atoms with Gasteiger partial charge in [0.05, 0.1) is 32.9 Å². The summed E-state index contributed by atoms with van der Waals surface area (Å²) in [4.78, 5) is 21.4. The van der Waals surface area contributed by atoms with Crippen LogP contribution in [-0.2, 0) is 22.4 Å². The van der Waals surface area contributed by atoms with Crippen LogP contribution < -0.4 is 0 Å². The molecule has 0 aliphatic heterocycles. The largest absolute Gasteiger partial charge is 0.481 e. The number of carbonyl (C=O) groups is 2. The third kappa shape index (κ3) is 3.20. The Hall–Kier alpha value is -0.680. The number of benzene rings is 1. The summed E-state index contributed by atoms with van der Waals surface area (Å²) in [6.07, 6.45) is -0.942. The molecule has 0 aliphatic carbocycles. The summed E-state index contributed by atoms with van der Waals surface area (Å²) >= 11 is 23.4. The van der Waals surface area contributed by atoms with E-state index in [0.717, 1.165) is 0 Å². The Balaban J connectivity index is 3.48. The van der Waals surface area contributed by atoms with Gasteiger partial charge in [-0.15, -0.1) is 0 Å². The second-order valence-electron chi connectivity index (χ2n) is 3.35. The lowest BCUT2D eigenvalue weighted by Crippen LogP contribution is -2.07. The maximum absolute atomic E-state index is 10.7. The molecule has 0 aliphatic rings. The van der Waals surface area contributed by atoms with E-state index in [9.17, 15) is 9.59 Å². The fourth-order valence-electron chi connectivity index (χ4n) is 1.35. The molecule has 0 amide bonds. The van der Waals surface area contributed by atoms with Crippen molar-refractivity contribution >= 4 is 58.3 Å². The molecule has 0 atom stereocenters. The maximum Gasteiger partial charge on any atom is 0.307 e. The predicted molar refractivity (Wildman–Crippen MR) is 69.2 cm³/mol. The lowest BCUT2D eigenvalue weighted by atomic mass is 10.1. The first-order chi connectivity index (χ1) is 8.25. The van der Waals surface area contributed by atoms with Gasteiger partial charge in [0.25, 0.3) is 0 Å². The van der Waals surface area contributed by atoms with Crippen LogP contribution in [0.25, 0.3) is 0 Å². The van der Waals surface area contributed by atoms with Crippen molar-refractivity contribution in [2.24, 2.45) is 0 Å². The van der Waals surface area contributed by atoms with Gasteiger partial charge in [-0.05, 0) is 0 Å². The topological polar surface area (TPSA) is 74.6 Å². The quantitative estimate of drug-likeness (QED) is 0.653. The molecule has 1 aromatic rings. The fraction of sp³-hybridized carbons (Fsp3) is 0.200. The van der Waals surface area contributed by atoms with E-state index in [-0.39, 0.29) is 31.2 Å². The first-order valence-electron chi connectivity index (χ1n) is 4.53. The van der Waals surface area contributed by atoms with E-state index >= 15 is 0 Å². The van der Waals surface area contributed by atoms with E-state index in [2.05, 4.69) is 0 Å². The van der Waals surface area contributed by atoms with Crippen LogP contribution in [0.4, 0.5) is 0 Å². The number of carboxylic acids is 2. The van der Waals surface area contributed by atoms with Crippen molar-refractivity contribution in [3.63, 3.8) is 0 Å². The number of halogens is 4. The molecule has 1 rings (SSSR count). The first-order valence-corrected chi connectivity index (χ1v) is 6.04. The van der Waals surface area contributed by atoms with E-state index in [4.69, 9.17) is 56.6 Å². The Morgan fingerprint density at radius 2 is 1.06 bits per heavy atom. The van der Waals surface area contributed by atoms with Crippen molar-refractivity contribution < 1.29 is 19.8 Å². The number of rotatable bonds is 4. The van der Waals surface area contributed by atoms with Crippen LogP contribution in [0, 0.1) is 0 Å². The maximum atomic E-state index is 10.7. The summed E-state index contributed by atoms with van der Waals surface area (Å²) in [7, 11) is 0. The highest BCUT2D eigenvalue weighted by molar-refractivity contribution is 6.50. The van der Waals surface area contributed by atoms with Gasteiger partial charge in [-0.25, -0.2) is 0 Å². The second-order valence-corrected chi connectivity index (χ2v) is 4.87. The van der Waals surface area contributed by atoms with Gasteiger partial charge >= 0.3 is 11.9 Å². The molecule has 0 aromatic heterocycles. The van der Waals surface area contributed by atoms with Gasteiger partial charge in [0, 0.05) is 11.1 Å². The third-order valence-electron chi connectivity index (χ3n) is 2.10. The van der Waals surface area contributed by atoms with Crippen molar-refractivity contribution in [1.82, 2.24) is 0 Å². The van der Waals surface area contributed by atoms with E-state index in [0.29, 0.717) is 0 Å². The van der Waals surface area contributed by atoms with E-state index in [1.54, 1.807) is 0 Å². The van der Waals surface area contributed by atoms with Crippen LogP contribution in [-0.4, -0.2) is 22.2 Å². The van der Waals surface area contributed by atoms with Gasteiger partial charge in [-0.2, -0.15) is 0 Å². The van der Waals surface area contributed by atoms with E-state index < -0.39 is 24.8 Å². The first kappa shape index (κ1) is 15.4. The molecule has 0 bridgehead atoms. The average Bonchev–Trinajstić information content (AvgIpc) is 2.27. The number of hydrogen-bond acceptors (Lipinski definition) is 2. The molecule has 0 saturated heterocycles. The summed E-state index contributed by atoms with van der Waals surface area (Å²) in [5.74, 6) is -2.34. The summed E-state index contributed by atoms with van der Waals surface area (Å²) in [5, 5.41) is 17.1. The molecule has 0 saturated carbocycles. The Kier molecular flexibility index (Phi) is 5.10. The number of aliphatic carboxylic acids is 2. The monoisotopic (exact) mass is 330 g/mol. The minimum atomic E-state index is -1.17. The van der Waals surface area contributed by atoms with E-state index in [1.165, 1.54) is 0 Å². The van der Waals surface area contributed by atoms with Crippen molar-refractivity contribution in [1.29, 1.82) is 0 Å². The van der Waals surface area contributed by atoms with Crippen molar-refractivity contribution in [3.8, 4) is 0 Å². The molecule has 0 fully saturated rings. The van der Waals surface area contributed by atoms with Crippen LogP contribution in [0.3, 0.4) is 0 Å². The third-order valence-corrected chi connectivity index (χ3v) is 3.96. The van der Waals surface area contributed by atoms with Gasteiger partial charge in [0.1, 0.15) is 0 Å². The van der Waals surface area contributed by atoms with Crippen molar-refractivity contribution in [2.75, 3.05) is 0 Å². The van der Waals surface area contributed by atoms with Crippen LogP contribution in [0.2, 0.25) is 20.1 Å². The van der Waals surface area contributed by atoms with Crippen LogP contribution in [0.5, 0.6) is 0 Å². The van der Waals surface area contributed by atoms with Crippen LogP contribution in [0.1, 0.15) is 11.1 Å². The highest BCUT2D eigenvalue weighted by Crippen LogP contribution is 2.41. The minimum absolute atomic E-state index is 0.0523. The van der Waals surface area contributed by atoms with Crippen LogP contribution in [0.15, 0.2) is 0 Å². The summed E-state index contributed by atoms with van der Waals surface area (Å²) in [6, 6.07) is 0. The van der Waals surface area contributed by atoms with E-state index in [1.807, 2.05) is 0 Å². The number of hydrogen-bond donors (Lipinski definition) is 2. The zero-order chi connectivity index (χ0) is 14.0. The summed E-state index contributed by atoms with van der Waals surface area (Å²) < 4.78 is 0. The molecule has 0 spiro atoms. The van der Waals surface area contributed by atoms with Gasteiger partial charge in [0.15, 0.2) is 0 Å². The van der Waals surface area contributed by atoms with Crippen molar-refractivity contribution in [3.05, 3.63) is 31.2 Å². The SMILES string of the molecule is O=C(O)Cc1c(Cl)c(Cl)c(Cl)c(CC(=O)O)c1Cl. The summed E-state index contributed by atoms with van der Waals surface area (Å²) in [6.45, 7) is 0. The molecule has 0 unspecified atom stereocenters. The Morgan fingerprint density at radius 1 is 0.722 bits per heavy atom. The molecular formula is C10H6Cl4O4. The van der Waals surface area contributed by atoms with Gasteiger partial charge < -0.3 is 10.2 Å². The molecule has 18 heavy (non-hydrogen) atoms. The lowest BCUT2D eigenvalue weighted by Gasteiger charge is -2.13. The zero-order valence-corrected chi connectivity index (χ0v) is 11.7. The smallest absolute Gasteiger partial charge is 0.307 e. The molecule has 98 valence electrons. The Labute approximate surface area is 122 Å². The van der Waals surface area contributed by atoms with Gasteiger partial charge in [-0.1, -0.05) is 46.4 Å². The molecule has 4 nitrogen and oxygen atoms in total. The fourth-order valence-corrected chi connectivity index (χ4v) is 2.56. The Bertz CT molecular complexity index is 484. The zero-order valence-electron chi connectivity index (χ0n) is 8.64. The highest BCUT2D eigenvalue weighted by atomic mass is 35.5. The van der Waals surface area contributed by atoms with Crippen molar-refractivity contribution in [2.45, 2.75) is 12.8 Å². The average molecular weight is 332 g/mol. The molecule has 1 aromatic carbocycles. The summed E-state index contributed by atoms with van der Waals surface area (Å²) in [5.41, 5.74) is 0.105. The molecule has 2 N–H and O–H groups in total. The highest BCUT2D eigenvalue weighted by Gasteiger charge is 2.22. The van der Waals surface area contributed by atoms with Gasteiger partial charge in [0.2, 0.25) is 0 Å². The second kappa shape index (κ2) is 5.97. The molecule has 8 heteroatoms. The molecular weight excluding hydrogens is 326 g/mol. The van der Waals surface area contributed by atoms with Crippen LogP contribution >= 0.6 is 46.4 Å².